The number of fused-ring (bicyclic) bond motifs is 7. The third-order valence-corrected chi connectivity index (χ3v) is 13.8. The van der Waals surface area contributed by atoms with Crippen molar-refractivity contribution in [1.29, 1.82) is 0 Å². The molecule has 3 nitrogen and oxygen atoms in total. The van der Waals surface area contributed by atoms with Crippen molar-refractivity contribution in [3.8, 4) is 22.3 Å². The maximum atomic E-state index is 6.66. The lowest BCUT2D eigenvalue weighted by Gasteiger charge is -2.49. The van der Waals surface area contributed by atoms with Crippen molar-refractivity contribution < 1.29 is 4.42 Å². The van der Waals surface area contributed by atoms with Crippen LogP contribution in [0.5, 0.6) is 0 Å². The lowest BCUT2D eigenvalue weighted by atomic mass is 9.77. The van der Waals surface area contributed by atoms with Crippen molar-refractivity contribution in [3.63, 3.8) is 0 Å². The SMILES string of the molecule is CC(C)(C)c1cc(-c2cccc3cccc(-c4ccccc4N(c4ccc5c(c4)oc4ccccc45)C4C=CC=C5c6ccccc6N(c6ccccc6)C54C)c23)cc(C(C)(C)C)c1. The summed E-state index contributed by atoms with van der Waals surface area (Å²) < 4.78 is 6.66. The summed E-state index contributed by atoms with van der Waals surface area (Å²) in [5.74, 6) is 0. The Bertz CT molecular complexity index is 3300. The number of benzene rings is 8. The molecule has 1 aromatic heterocycles. The summed E-state index contributed by atoms with van der Waals surface area (Å²) >= 11 is 0. The Morgan fingerprint density at radius 1 is 0.547 bits per heavy atom. The van der Waals surface area contributed by atoms with Gasteiger partial charge >= 0.3 is 0 Å². The molecule has 0 bridgehead atoms. The van der Waals surface area contributed by atoms with Gasteiger partial charge in [0, 0.05) is 50.7 Å². The van der Waals surface area contributed by atoms with E-state index in [2.05, 4.69) is 246 Å². The fourth-order valence-corrected chi connectivity index (χ4v) is 10.5. The molecular formula is C61H54N2O. The van der Waals surface area contributed by atoms with Crippen LogP contribution in [0.15, 0.2) is 199 Å². The van der Waals surface area contributed by atoms with Gasteiger partial charge in [0.2, 0.25) is 0 Å². The second-order valence-electron chi connectivity index (χ2n) is 19.9. The molecule has 0 saturated carbocycles. The molecule has 64 heavy (non-hydrogen) atoms. The average molecular weight is 831 g/mol. The molecule has 1 aliphatic carbocycles. The van der Waals surface area contributed by atoms with Crippen LogP contribution in [0, 0.1) is 0 Å². The highest BCUT2D eigenvalue weighted by molar-refractivity contribution is 6.10. The first-order valence-electron chi connectivity index (χ1n) is 22.7. The fourth-order valence-electron chi connectivity index (χ4n) is 10.5. The monoisotopic (exact) mass is 830 g/mol. The van der Waals surface area contributed by atoms with Gasteiger partial charge in [0.05, 0.1) is 11.6 Å². The normalized spacial score (nSPS) is 17.2. The fraction of sp³-hybridized carbons (Fsp3) is 0.180. The van der Waals surface area contributed by atoms with Crippen molar-refractivity contribution in [2.45, 2.75) is 70.9 Å². The van der Waals surface area contributed by atoms with E-state index in [0.717, 1.165) is 39.0 Å². The van der Waals surface area contributed by atoms with Crippen LogP contribution in [0.4, 0.5) is 22.7 Å². The summed E-state index contributed by atoms with van der Waals surface area (Å²) in [6.45, 7) is 16.4. The minimum Gasteiger partial charge on any atom is -0.456 e. The first-order chi connectivity index (χ1) is 30.9. The van der Waals surface area contributed by atoms with E-state index in [1.807, 2.05) is 6.07 Å². The van der Waals surface area contributed by atoms with Crippen LogP contribution in [0.3, 0.4) is 0 Å². The van der Waals surface area contributed by atoms with Crippen LogP contribution in [0.1, 0.15) is 65.2 Å². The Morgan fingerprint density at radius 2 is 1.17 bits per heavy atom. The number of hydrogen-bond acceptors (Lipinski definition) is 3. The van der Waals surface area contributed by atoms with E-state index in [4.69, 9.17) is 4.42 Å². The molecule has 0 spiro atoms. The first-order valence-corrected chi connectivity index (χ1v) is 22.7. The summed E-state index contributed by atoms with van der Waals surface area (Å²) in [5.41, 5.74) is 15.9. The Kier molecular flexibility index (Phi) is 9.15. The van der Waals surface area contributed by atoms with Gasteiger partial charge in [0.15, 0.2) is 0 Å². The predicted molar refractivity (Wildman–Crippen MR) is 272 cm³/mol. The first kappa shape index (κ1) is 39.7. The number of para-hydroxylation sites is 4. The summed E-state index contributed by atoms with van der Waals surface area (Å²) in [7, 11) is 0. The lowest BCUT2D eigenvalue weighted by molar-refractivity contribution is 0.523. The van der Waals surface area contributed by atoms with Gasteiger partial charge in [0.1, 0.15) is 11.2 Å². The minimum atomic E-state index is -0.517. The number of hydrogen-bond donors (Lipinski definition) is 0. The molecule has 1 aliphatic heterocycles. The molecule has 2 aliphatic rings. The Balaban J connectivity index is 1.18. The molecule has 0 amide bonds. The third kappa shape index (κ3) is 6.32. The van der Waals surface area contributed by atoms with E-state index in [1.165, 1.54) is 61.0 Å². The quantitative estimate of drug-likeness (QED) is 0.166. The zero-order valence-electron chi connectivity index (χ0n) is 37.9. The largest absolute Gasteiger partial charge is 0.456 e. The summed E-state index contributed by atoms with van der Waals surface area (Å²) in [6.07, 6.45) is 7.01. The Hall–Kier alpha value is -7.10. The summed E-state index contributed by atoms with van der Waals surface area (Å²) in [5, 5.41) is 4.71. The maximum absolute atomic E-state index is 6.66. The summed E-state index contributed by atoms with van der Waals surface area (Å²) in [4.78, 5) is 5.16. The number of furan rings is 1. The molecule has 8 aromatic carbocycles. The van der Waals surface area contributed by atoms with Crippen LogP contribution >= 0.6 is 0 Å². The van der Waals surface area contributed by atoms with Gasteiger partial charge in [-0.2, -0.15) is 0 Å². The van der Waals surface area contributed by atoms with Gasteiger partial charge in [-0.25, -0.2) is 0 Å². The van der Waals surface area contributed by atoms with Gasteiger partial charge in [-0.1, -0.05) is 187 Å². The van der Waals surface area contributed by atoms with Gasteiger partial charge < -0.3 is 14.2 Å². The molecular weight excluding hydrogens is 777 g/mol. The van der Waals surface area contributed by atoms with E-state index >= 15 is 0 Å². The molecule has 2 unspecified atom stereocenters. The third-order valence-electron chi connectivity index (χ3n) is 13.8. The molecule has 314 valence electrons. The molecule has 0 saturated heterocycles. The van der Waals surface area contributed by atoms with Gasteiger partial charge in [-0.05, 0) is 104 Å². The smallest absolute Gasteiger partial charge is 0.137 e. The standard InChI is InChI=1S/C61H54N2O/c1-59(2,3)42-36-41(37-43(38-42)60(4,5)6)46-27-17-20-40-21-18-28-50(58(40)46)47-24-11-14-30-53(47)62(45-34-35-49-48-25-13-16-32-55(48)64-56(49)39-45)57-33-19-29-52-51-26-12-15-31-54(51)63(61(52,57)7)44-22-9-8-10-23-44/h8-39,57H,1-7H3. The van der Waals surface area contributed by atoms with Crippen LogP contribution < -0.4 is 9.80 Å². The molecule has 0 N–H and O–H groups in total. The van der Waals surface area contributed by atoms with Gasteiger partial charge in [-0.3, -0.25) is 0 Å². The van der Waals surface area contributed by atoms with Crippen molar-refractivity contribution in [3.05, 3.63) is 211 Å². The molecule has 9 aromatic rings. The zero-order chi connectivity index (χ0) is 44.0. The highest BCUT2D eigenvalue weighted by Crippen LogP contribution is 2.57. The van der Waals surface area contributed by atoms with E-state index in [-0.39, 0.29) is 16.9 Å². The van der Waals surface area contributed by atoms with Crippen LogP contribution in [0.25, 0.3) is 60.5 Å². The number of anilines is 4. The Morgan fingerprint density at radius 3 is 1.92 bits per heavy atom. The maximum Gasteiger partial charge on any atom is 0.137 e. The van der Waals surface area contributed by atoms with Crippen LogP contribution in [-0.2, 0) is 10.8 Å². The van der Waals surface area contributed by atoms with Crippen molar-refractivity contribution in [2.24, 2.45) is 0 Å². The van der Waals surface area contributed by atoms with E-state index in [1.54, 1.807) is 0 Å². The molecule has 11 rings (SSSR count). The van der Waals surface area contributed by atoms with E-state index in [9.17, 15) is 0 Å². The number of nitrogens with zero attached hydrogens (tertiary/aromatic N) is 2. The van der Waals surface area contributed by atoms with Crippen LogP contribution in [-0.4, -0.2) is 11.6 Å². The summed E-state index contributed by atoms with van der Waals surface area (Å²) in [6, 6.07) is 64.8. The highest BCUT2D eigenvalue weighted by atomic mass is 16.3. The van der Waals surface area contributed by atoms with E-state index < -0.39 is 5.54 Å². The number of rotatable bonds is 6. The predicted octanol–water partition coefficient (Wildman–Crippen LogP) is 16.7. The topological polar surface area (TPSA) is 19.6 Å². The Labute approximate surface area is 377 Å². The second-order valence-corrected chi connectivity index (χ2v) is 19.9. The van der Waals surface area contributed by atoms with Crippen molar-refractivity contribution >= 4 is 61.0 Å². The van der Waals surface area contributed by atoms with Crippen molar-refractivity contribution in [1.82, 2.24) is 0 Å². The van der Waals surface area contributed by atoms with Gasteiger partial charge in [-0.15, -0.1) is 0 Å². The van der Waals surface area contributed by atoms with Crippen LogP contribution in [0.2, 0.25) is 0 Å². The minimum absolute atomic E-state index is 0.0120. The molecule has 0 fully saturated rings. The van der Waals surface area contributed by atoms with Crippen molar-refractivity contribution in [2.75, 3.05) is 9.80 Å². The van der Waals surface area contributed by atoms with Gasteiger partial charge in [0.25, 0.3) is 0 Å². The lowest BCUT2D eigenvalue weighted by Crippen LogP contribution is -2.57. The number of allylic oxidation sites excluding steroid dienone is 2. The second kappa shape index (κ2) is 14.7. The average Bonchev–Trinajstić information content (AvgIpc) is 3.81. The molecule has 2 atom stereocenters. The molecule has 0 radical (unpaired) electrons. The molecule has 3 heteroatoms. The zero-order valence-corrected chi connectivity index (χ0v) is 37.9. The highest BCUT2D eigenvalue weighted by Gasteiger charge is 2.52. The molecule has 2 heterocycles. The van der Waals surface area contributed by atoms with E-state index in [0.29, 0.717) is 0 Å².